The lowest BCUT2D eigenvalue weighted by molar-refractivity contribution is -0.122. The van der Waals surface area contributed by atoms with Crippen LogP contribution in [0.4, 0.5) is 0 Å². The van der Waals surface area contributed by atoms with Gasteiger partial charge >= 0.3 is 0 Å². The number of aromatic nitrogens is 2. The van der Waals surface area contributed by atoms with Crippen LogP contribution < -0.4 is 19.8 Å². The first-order valence-corrected chi connectivity index (χ1v) is 11.3. The fraction of sp³-hybridized carbons (Fsp3) is 0.583. The molecule has 0 bridgehead atoms. The standard InChI is InChI=1S/C24H36N4O3/c1-7-11-27(12-8-2)28-19(14-22(26-28)24(4,5)6)15-25-23(29)17(3)18-9-10-20-21(13-18)31-16-30-20/h9-10,13-14,17H,7-8,11-12,15-16H2,1-6H3,(H,25,29). The number of amides is 1. The minimum Gasteiger partial charge on any atom is -0.454 e. The lowest BCUT2D eigenvalue weighted by Gasteiger charge is -2.26. The molecule has 7 nitrogen and oxygen atoms in total. The zero-order valence-electron chi connectivity index (χ0n) is 19.7. The second-order valence-corrected chi connectivity index (χ2v) is 9.17. The molecule has 1 aliphatic heterocycles. The van der Waals surface area contributed by atoms with E-state index in [0.717, 1.165) is 48.6 Å². The minimum atomic E-state index is -0.296. The van der Waals surface area contributed by atoms with Crippen molar-refractivity contribution in [2.24, 2.45) is 0 Å². The van der Waals surface area contributed by atoms with Gasteiger partial charge in [-0.1, -0.05) is 40.7 Å². The predicted molar refractivity (Wildman–Crippen MR) is 122 cm³/mol. The van der Waals surface area contributed by atoms with Crippen molar-refractivity contribution < 1.29 is 14.3 Å². The summed E-state index contributed by atoms with van der Waals surface area (Å²) in [5.74, 6) is 1.10. The fourth-order valence-corrected chi connectivity index (χ4v) is 3.63. The van der Waals surface area contributed by atoms with Gasteiger partial charge in [-0.05, 0) is 43.5 Å². The van der Waals surface area contributed by atoms with E-state index in [1.807, 2.05) is 29.9 Å². The van der Waals surface area contributed by atoms with Crippen molar-refractivity contribution >= 4 is 5.91 Å². The van der Waals surface area contributed by atoms with Crippen LogP contribution in [0.2, 0.25) is 0 Å². The van der Waals surface area contributed by atoms with Gasteiger partial charge in [0, 0.05) is 18.5 Å². The largest absolute Gasteiger partial charge is 0.454 e. The number of rotatable bonds is 9. The Bertz CT molecular complexity index is 895. The van der Waals surface area contributed by atoms with Gasteiger partial charge in [0.25, 0.3) is 0 Å². The van der Waals surface area contributed by atoms with E-state index >= 15 is 0 Å². The molecular formula is C24H36N4O3. The highest BCUT2D eigenvalue weighted by atomic mass is 16.7. The molecule has 1 aromatic carbocycles. The lowest BCUT2D eigenvalue weighted by atomic mass is 9.92. The minimum absolute atomic E-state index is 0.0264. The maximum absolute atomic E-state index is 12.9. The summed E-state index contributed by atoms with van der Waals surface area (Å²) in [6.45, 7) is 15.2. The first-order chi connectivity index (χ1) is 14.7. The number of nitrogens with one attached hydrogen (secondary N) is 1. The highest BCUT2D eigenvalue weighted by Gasteiger charge is 2.24. The van der Waals surface area contributed by atoms with E-state index in [4.69, 9.17) is 14.6 Å². The van der Waals surface area contributed by atoms with Crippen LogP contribution >= 0.6 is 0 Å². The Hall–Kier alpha value is -2.70. The predicted octanol–water partition coefficient (Wildman–Crippen LogP) is 4.09. The topological polar surface area (TPSA) is 68.6 Å². The third kappa shape index (κ3) is 5.32. The molecule has 1 N–H and O–H groups in total. The molecule has 170 valence electrons. The monoisotopic (exact) mass is 428 g/mol. The number of hydrogen-bond donors (Lipinski definition) is 1. The van der Waals surface area contributed by atoms with Crippen LogP contribution in [0.25, 0.3) is 0 Å². The molecule has 1 atom stereocenters. The van der Waals surface area contributed by atoms with E-state index in [0.29, 0.717) is 12.3 Å². The Morgan fingerprint density at radius 2 is 1.84 bits per heavy atom. The maximum Gasteiger partial charge on any atom is 0.231 e. The van der Waals surface area contributed by atoms with Crippen LogP contribution in [0.1, 0.15) is 77.3 Å². The van der Waals surface area contributed by atoms with E-state index in [-0.39, 0.29) is 24.0 Å². The quantitative estimate of drug-likeness (QED) is 0.652. The van der Waals surface area contributed by atoms with Gasteiger partial charge in [0.05, 0.1) is 23.9 Å². The number of ether oxygens (including phenoxy) is 2. The van der Waals surface area contributed by atoms with Gasteiger partial charge in [-0.25, -0.2) is 0 Å². The van der Waals surface area contributed by atoms with Crippen LogP contribution in [0, 0.1) is 0 Å². The summed E-state index contributed by atoms with van der Waals surface area (Å²) in [5, 5.41) is 10.3. The molecule has 0 saturated carbocycles. The molecule has 1 unspecified atom stereocenters. The van der Waals surface area contributed by atoms with Crippen molar-refractivity contribution in [1.29, 1.82) is 0 Å². The lowest BCUT2D eigenvalue weighted by Crippen LogP contribution is -2.39. The molecule has 0 saturated heterocycles. The van der Waals surface area contributed by atoms with Crippen LogP contribution in [-0.4, -0.2) is 35.7 Å². The number of carbonyl (C=O) groups excluding carboxylic acids is 1. The number of fused-ring (bicyclic) bond motifs is 1. The first-order valence-electron chi connectivity index (χ1n) is 11.3. The Morgan fingerprint density at radius 1 is 1.16 bits per heavy atom. The molecule has 1 aromatic heterocycles. The second-order valence-electron chi connectivity index (χ2n) is 9.17. The Kier molecular flexibility index (Phi) is 7.13. The third-order valence-corrected chi connectivity index (χ3v) is 5.50. The average Bonchev–Trinajstić information content (AvgIpc) is 3.37. The summed E-state index contributed by atoms with van der Waals surface area (Å²) < 4.78 is 10.8. The van der Waals surface area contributed by atoms with Crippen molar-refractivity contribution in [1.82, 2.24) is 15.2 Å². The molecule has 0 aliphatic carbocycles. The summed E-state index contributed by atoms with van der Waals surface area (Å²) in [5.41, 5.74) is 2.87. The molecule has 31 heavy (non-hydrogen) atoms. The van der Waals surface area contributed by atoms with Crippen molar-refractivity contribution in [3.05, 3.63) is 41.2 Å². The number of hydrogen-bond acceptors (Lipinski definition) is 5. The van der Waals surface area contributed by atoms with Crippen LogP contribution in [0.5, 0.6) is 11.5 Å². The average molecular weight is 429 g/mol. The highest BCUT2D eigenvalue weighted by molar-refractivity contribution is 5.83. The van der Waals surface area contributed by atoms with Gasteiger partial charge in [0.1, 0.15) is 0 Å². The van der Waals surface area contributed by atoms with Gasteiger partial charge < -0.3 is 14.8 Å². The number of nitrogens with zero attached hydrogens (tertiary/aromatic N) is 3. The first kappa shape index (κ1) is 23.0. The van der Waals surface area contributed by atoms with Gasteiger partial charge in [0.2, 0.25) is 12.7 Å². The van der Waals surface area contributed by atoms with Gasteiger partial charge in [0.15, 0.2) is 11.5 Å². The molecule has 2 heterocycles. The molecule has 3 rings (SSSR count). The zero-order chi connectivity index (χ0) is 22.6. The molecule has 0 spiro atoms. The number of carbonyl (C=O) groups is 1. The summed E-state index contributed by atoms with van der Waals surface area (Å²) in [6.07, 6.45) is 2.08. The second kappa shape index (κ2) is 9.62. The molecule has 0 radical (unpaired) electrons. The molecule has 2 aromatic rings. The van der Waals surface area contributed by atoms with Crippen molar-refractivity contribution in [3.8, 4) is 11.5 Å². The van der Waals surface area contributed by atoms with E-state index in [1.54, 1.807) is 0 Å². The Morgan fingerprint density at radius 3 is 2.48 bits per heavy atom. The molecule has 0 fully saturated rings. The highest BCUT2D eigenvalue weighted by Crippen LogP contribution is 2.34. The van der Waals surface area contributed by atoms with E-state index < -0.39 is 0 Å². The molecule has 7 heteroatoms. The summed E-state index contributed by atoms with van der Waals surface area (Å²) in [6, 6.07) is 7.78. The summed E-state index contributed by atoms with van der Waals surface area (Å²) >= 11 is 0. The normalized spacial score (nSPS) is 13.9. The van der Waals surface area contributed by atoms with E-state index in [2.05, 4.69) is 51.0 Å². The zero-order valence-corrected chi connectivity index (χ0v) is 19.7. The van der Waals surface area contributed by atoms with Crippen LogP contribution in [-0.2, 0) is 16.8 Å². The SMILES string of the molecule is CCCN(CCC)n1nc(C(C)(C)C)cc1CNC(=O)C(C)c1ccc2c(c1)OCO2. The van der Waals surface area contributed by atoms with Gasteiger partial charge in [-0.3, -0.25) is 9.80 Å². The molecule has 1 aliphatic rings. The fourth-order valence-electron chi connectivity index (χ4n) is 3.63. The molecule has 1 amide bonds. The third-order valence-electron chi connectivity index (χ3n) is 5.50. The Balaban J connectivity index is 1.76. The van der Waals surface area contributed by atoms with E-state index in [1.165, 1.54) is 0 Å². The van der Waals surface area contributed by atoms with Crippen molar-refractivity contribution in [2.75, 3.05) is 24.9 Å². The smallest absolute Gasteiger partial charge is 0.231 e. The van der Waals surface area contributed by atoms with Gasteiger partial charge in [-0.15, -0.1) is 0 Å². The van der Waals surface area contributed by atoms with Crippen LogP contribution in [0.15, 0.2) is 24.3 Å². The Labute approximate surface area is 185 Å². The van der Waals surface area contributed by atoms with Crippen molar-refractivity contribution in [3.63, 3.8) is 0 Å². The van der Waals surface area contributed by atoms with Crippen LogP contribution in [0.3, 0.4) is 0 Å². The maximum atomic E-state index is 12.9. The van der Waals surface area contributed by atoms with Gasteiger partial charge in [-0.2, -0.15) is 9.89 Å². The van der Waals surface area contributed by atoms with E-state index in [9.17, 15) is 4.79 Å². The van der Waals surface area contributed by atoms with Crippen molar-refractivity contribution in [2.45, 2.75) is 72.3 Å². The number of benzene rings is 1. The molecular weight excluding hydrogens is 392 g/mol. The summed E-state index contributed by atoms with van der Waals surface area (Å²) in [7, 11) is 0. The summed E-state index contributed by atoms with van der Waals surface area (Å²) in [4.78, 5) is 14.9.